The number of hydrazone groups is 1. The topological polar surface area (TPSA) is 719 Å². The monoisotopic (exact) mass is 2020 g/mol. The Kier molecular flexibility index (Phi) is 39.3. The van der Waals surface area contributed by atoms with Gasteiger partial charge >= 0.3 is 12.9 Å². The number of allylic oxidation sites excluding steroid dienone is 4. The Morgan fingerprint density at radius 1 is 0.686 bits per heavy atom. The first-order valence-electron chi connectivity index (χ1n) is 43.9. The number of aliphatic hydroxyl groups is 8. The lowest BCUT2D eigenvalue weighted by Gasteiger charge is -2.30. The normalized spacial score (nSPS) is 24.8. The predicted octanol–water partition coefficient (Wildman–Crippen LogP) is -7.64. The van der Waals surface area contributed by atoms with Gasteiger partial charge < -0.3 is 144 Å². The molecule has 4 aliphatic rings. The van der Waals surface area contributed by atoms with Crippen molar-refractivity contribution in [2.24, 2.45) is 16.6 Å². The van der Waals surface area contributed by atoms with Crippen LogP contribution in [0.4, 0.5) is 8.63 Å². The number of rotatable bonds is 26. The summed E-state index contributed by atoms with van der Waals surface area (Å²) in [5.74, 6) is -25.0. The number of aromatic nitrogens is 3. The van der Waals surface area contributed by atoms with Crippen LogP contribution in [0.15, 0.2) is 149 Å². The summed E-state index contributed by atoms with van der Waals surface area (Å²) in [6.45, 7) is -3.63. The number of amides is 15. The third-order valence-corrected chi connectivity index (χ3v) is 23.4. The lowest BCUT2D eigenvalue weighted by Crippen LogP contribution is -2.64. The number of aldehydes is 1. The van der Waals surface area contributed by atoms with Gasteiger partial charge in [-0.1, -0.05) is 119 Å². The smallest absolute Gasteiger partial charge is 0.480 e. The third-order valence-electron chi connectivity index (χ3n) is 22.9. The predicted molar refractivity (Wildman–Crippen MR) is 491 cm³/mol. The van der Waals surface area contributed by atoms with Gasteiger partial charge in [0.05, 0.1) is 69.8 Å². The van der Waals surface area contributed by atoms with Crippen LogP contribution in [0.5, 0.6) is 0 Å². The minimum atomic E-state index is -4.46. The maximum Gasteiger partial charge on any atom is 0.737 e. The number of nitrogens with two attached hydrogens (primary N) is 2. The van der Waals surface area contributed by atoms with Gasteiger partial charge in [0.15, 0.2) is 18.1 Å². The lowest BCUT2D eigenvalue weighted by atomic mass is 9.90. The van der Waals surface area contributed by atoms with Crippen molar-refractivity contribution in [2.45, 2.75) is 208 Å². The Bertz CT molecular complexity index is 5650. The van der Waals surface area contributed by atoms with Gasteiger partial charge in [0.1, 0.15) is 96.8 Å². The first-order valence-corrected chi connectivity index (χ1v) is 44.7. The number of aryl methyl sites for hydroxylation is 2. The Hall–Kier alpha value is -14.3. The molecule has 19 atom stereocenters. The van der Waals surface area contributed by atoms with Crippen molar-refractivity contribution in [2.75, 3.05) is 26.4 Å². The zero-order valence-corrected chi connectivity index (χ0v) is 77.7. The van der Waals surface area contributed by atoms with E-state index in [1.165, 1.54) is 75.4 Å². The molecule has 0 saturated heterocycles. The van der Waals surface area contributed by atoms with E-state index in [2.05, 4.69) is 79.6 Å². The lowest BCUT2D eigenvalue weighted by molar-refractivity contribution is -0.751. The van der Waals surface area contributed by atoms with Crippen molar-refractivity contribution in [1.82, 2.24) is 78.3 Å². The molecule has 752 valence electrons. The molecule has 51 heteroatoms. The van der Waals surface area contributed by atoms with Crippen molar-refractivity contribution in [1.29, 1.82) is 0 Å². The third kappa shape index (κ3) is 29.9. The van der Waals surface area contributed by atoms with Crippen LogP contribution >= 0.6 is 15.9 Å². The molecule has 9 rings (SSSR count). The van der Waals surface area contributed by atoms with Crippen molar-refractivity contribution >= 4 is 148 Å². The van der Waals surface area contributed by atoms with Gasteiger partial charge in [-0.2, -0.15) is 9.67 Å². The summed E-state index contributed by atoms with van der Waals surface area (Å²) in [7, 11) is 0. The average molecular weight is 2020 g/mol. The molecule has 0 unspecified atom stereocenters. The van der Waals surface area contributed by atoms with E-state index in [0.29, 0.717) is 26.7 Å². The van der Waals surface area contributed by atoms with Crippen LogP contribution in [-0.2, 0) is 106 Å². The number of fused-ring (bicyclic) bond motifs is 4. The van der Waals surface area contributed by atoms with Crippen LogP contribution in [0.1, 0.15) is 111 Å². The number of benzene rings is 3. The highest BCUT2D eigenvalue weighted by molar-refractivity contribution is 9.10. The van der Waals surface area contributed by atoms with E-state index in [1.807, 2.05) is 10.6 Å². The average Bonchev–Trinajstić information content (AvgIpc) is 1.56. The van der Waals surface area contributed by atoms with E-state index in [1.54, 1.807) is 79.7 Å². The Morgan fingerprint density at radius 2 is 1.29 bits per heavy atom. The molecule has 140 heavy (non-hydrogen) atoms. The summed E-state index contributed by atoms with van der Waals surface area (Å²) >= 11 is 3.28. The van der Waals surface area contributed by atoms with Gasteiger partial charge in [-0.3, -0.25) is 76.7 Å². The first-order chi connectivity index (χ1) is 66.3. The van der Waals surface area contributed by atoms with Gasteiger partial charge in [0.25, 0.3) is 12.1 Å². The molecular weight excluding hydrogens is 1910 g/mol. The second-order valence-electron chi connectivity index (χ2n) is 33.6. The van der Waals surface area contributed by atoms with E-state index in [9.17, 15) is 113 Å². The molecule has 0 spiro atoms. The van der Waals surface area contributed by atoms with Gasteiger partial charge in [-0.25, -0.2) is 14.8 Å². The number of carboxylic acid groups (broad SMARTS) is 1. The minimum absolute atomic E-state index is 0.00823. The molecule has 6 heterocycles. The van der Waals surface area contributed by atoms with E-state index >= 15 is 23.0 Å². The molecule has 0 fully saturated rings. The standard InChI is InChI=1S/C89H110BBrF2N20O27/c1-44(16-17-49-12-8-6-9-13-49)26-67(120)58-34-72(125)99-64(40-115)83(132)104-63-38-110-37-55(111(43-110)73(42-117)140-57(39-114)35-97-109-70(123)25-24-53-22-23-54-30-66-45(2)27-46(3)112(66)90(92,93)113(53)54)29-60(80(129)107-75(48(5)118)87(136)105-65(41-116)84(133)101-59(79(128)100-58)28-50-14-10-7-11-15-50)98-71(124)32-56(119)31-62(89(138)139)103-85(134)68(121)36-96-86(135)74(47(4)51-18-20-52(91)21-19-51)106-88(137)76(77(126)78(95)127)108-81(130)61(33-69(94)122)102-82(63)131/h6-23,26-27,30,35,37,42-43,47-48,56-65,67-68,73-77,114-116,118-121,126H,24-25,28-29,31-34,36,38-41H2,1-5H3,(H17-,94,95,96,98,99,100,101,102,103,104,105,106,107,108,109,122,123,124,125,127,128,129,130,131,132,133,134,135,136,137,138,139)/p+1/b17-16+,44-26+,97-35-/t47-,48-,56+,57-,58-,59-,60-,61-,62-,63+,64-,65-,67-,68-,73+,74-,75-,76-,77+/m0/s1. The van der Waals surface area contributed by atoms with Crippen LogP contribution in [0.25, 0.3) is 12.2 Å². The molecule has 5 aromatic rings. The van der Waals surface area contributed by atoms with E-state index in [-0.39, 0.29) is 41.1 Å². The van der Waals surface area contributed by atoms with Gasteiger partial charge in [-0.05, 0) is 73.8 Å². The second-order valence-corrected chi connectivity index (χ2v) is 34.5. The molecule has 2 aromatic heterocycles. The maximum absolute atomic E-state index is 16.4. The van der Waals surface area contributed by atoms with Gasteiger partial charge in [0.2, 0.25) is 89.0 Å². The van der Waals surface area contributed by atoms with Gasteiger partial charge in [0, 0.05) is 72.8 Å². The summed E-state index contributed by atoms with van der Waals surface area (Å²) in [6.07, 6.45) is -11.3. The SMILES string of the molecule is CC(/C=C/c1ccccc1)=C\[C@H](O)[C@@H]1CC(=O)N[C@@H](CO)C(=O)N[C@@H]2Cn3cc([n+]([C@@H](C=O)O[C@@H](/C=N\NC(=O)CCC4=[N+]5C(=Cc6c(C)cc(C)n6[B-]5(F)F)C=C4)CO)c3)C[C@H](NC(=O)C[C@H](O)C[C@@H](C(=O)O)NC(=O)[C@@H](O)CNC(=O)[C@H]([C@@H](C)c3ccc(Br)cc3)NC(=O)[C@H]([C@@H](O)C(N)=O)NC(=O)[C@H](CC(N)=O)NC2=O)C(=O)N[C@@H]([C@H](C)O)C(=O)N[C@@H](CO)C(=O)N[C@@H](Cc2ccccc2)C(=O)N1. The number of hydrogen-bond acceptors (Lipinski definition) is 27. The van der Waals surface area contributed by atoms with Crippen LogP contribution < -0.4 is 85.3 Å². The number of halogens is 3. The summed E-state index contributed by atoms with van der Waals surface area (Å²) < 4.78 is 42.6. The van der Waals surface area contributed by atoms with Crippen LogP contribution in [0, 0.1) is 13.8 Å². The molecule has 26 N–H and O–H groups in total. The number of primary amides is 2. The van der Waals surface area contributed by atoms with Crippen LogP contribution in [0.2, 0.25) is 0 Å². The molecule has 4 aliphatic heterocycles. The highest BCUT2D eigenvalue weighted by Crippen LogP contribution is 2.35. The Morgan fingerprint density at radius 3 is 1.92 bits per heavy atom. The van der Waals surface area contributed by atoms with E-state index in [0.717, 1.165) is 43.8 Å². The highest BCUT2D eigenvalue weighted by atomic mass is 79.9. The number of aliphatic hydroxyl groups excluding tert-OH is 8. The van der Waals surface area contributed by atoms with E-state index in [4.69, 9.17) is 16.2 Å². The molecule has 0 aliphatic carbocycles. The molecule has 3 aromatic carbocycles. The Labute approximate surface area is 805 Å². The number of ether oxygens (including phenoxy) is 1. The van der Waals surface area contributed by atoms with Crippen molar-refractivity contribution in [3.05, 3.63) is 183 Å². The number of carboxylic acids is 1. The van der Waals surface area contributed by atoms with Crippen molar-refractivity contribution in [3.8, 4) is 0 Å². The Balaban J connectivity index is 1.20. The quantitative estimate of drug-likeness (QED) is 0.00611. The number of nitrogens with one attached hydrogen (secondary N) is 13. The summed E-state index contributed by atoms with van der Waals surface area (Å²) in [5.41, 5.74) is 15.8. The zero-order valence-electron chi connectivity index (χ0n) is 76.1. The minimum Gasteiger partial charge on any atom is -0.480 e. The summed E-state index contributed by atoms with van der Waals surface area (Å²) in [6, 6.07) is -0.430. The van der Waals surface area contributed by atoms with E-state index < -0.39 is 300 Å². The molecule has 0 radical (unpaired) electrons. The summed E-state index contributed by atoms with van der Waals surface area (Å²) in [5, 5.41) is 132. The van der Waals surface area contributed by atoms with Crippen molar-refractivity contribution in [3.63, 3.8) is 0 Å². The maximum atomic E-state index is 16.4. The molecule has 0 saturated carbocycles. The summed E-state index contributed by atoms with van der Waals surface area (Å²) in [4.78, 5) is 244. The fraction of sp³-hybridized carbons (Fsp3) is 0.416. The fourth-order valence-corrected chi connectivity index (χ4v) is 15.8. The molecule has 4 bridgehead atoms. The molecular formula is C89H111BBrF2N20O27+. The number of hydrogen-bond donors (Lipinski definition) is 24. The number of imidazole rings is 1. The van der Waals surface area contributed by atoms with Crippen molar-refractivity contribution < 1.29 is 150 Å². The highest BCUT2D eigenvalue weighted by Gasteiger charge is 2.53. The molecule has 47 nitrogen and oxygen atoms in total. The zero-order chi connectivity index (χ0) is 103. The van der Waals surface area contributed by atoms with Crippen LogP contribution in [-0.4, -0.2) is 309 Å². The second kappa shape index (κ2) is 50.3. The van der Waals surface area contributed by atoms with Crippen LogP contribution in [0.3, 0.4) is 0 Å². The fourth-order valence-electron chi connectivity index (χ4n) is 15.5. The number of carbonyl (C=O) groups excluding carboxylic acids is 16. The number of carbonyl (C=O) groups is 17. The number of aliphatic carboxylic acids is 1. The van der Waals surface area contributed by atoms with Gasteiger partial charge in [-0.15, -0.1) is 0 Å². The first kappa shape index (κ1) is 109. The number of β-amino-alcohol motifs (C(OH)–C–C–N with tert-alkyl or cyclic N) is 1. The largest absolute Gasteiger partial charge is 0.737 e. The molecule has 15 amide bonds. The number of nitrogens with zero attached hydrogens (tertiary/aromatic N) is 5.